The fourth-order valence-electron chi connectivity index (χ4n) is 2.81. The highest BCUT2D eigenvalue weighted by Gasteiger charge is 2.34. The van der Waals surface area contributed by atoms with E-state index < -0.39 is 16.9 Å². The molecule has 130 valence electrons. The smallest absolute Gasteiger partial charge is 0.338 e. The zero-order valence-electron chi connectivity index (χ0n) is 13.3. The molecular formula is C16H15ClN4O4. The molecule has 1 aromatic heterocycles. The van der Waals surface area contributed by atoms with Crippen molar-refractivity contribution in [2.24, 2.45) is 0 Å². The van der Waals surface area contributed by atoms with Crippen LogP contribution in [-0.4, -0.2) is 32.9 Å². The number of anilines is 1. The number of hydrogen-bond acceptors (Lipinski definition) is 6. The molecule has 8 nitrogen and oxygen atoms in total. The van der Waals surface area contributed by atoms with E-state index in [0.717, 1.165) is 0 Å². The Balaban J connectivity index is 2.19. The van der Waals surface area contributed by atoms with E-state index in [0.29, 0.717) is 22.8 Å². The Bertz CT molecular complexity index is 861. The standard InChI is InChI=1S/C16H15ClN4O4/c1-2-25-15(22)13-12(9-17)19-16-18-6-7-20(16)14(13)10-4-3-5-11(8-10)21(23)24/h3-8,14H,2,9H2,1H3,(H,18,19). The molecule has 2 heterocycles. The van der Waals surface area contributed by atoms with Gasteiger partial charge in [0.1, 0.15) is 0 Å². The molecule has 25 heavy (non-hydrogen) atoms. The minimum atomic E-state index is -0.619. The number of alkyl halides is 1. The zero-order chi connectivity index (χ0) is 18.0. The van der Waals surface area contributed by atoms with Crippen molar-refractivity contribution in [3.63, 3.8) is 0 Å². The molecule has 0 radical (unpaired) electrons. The van der Waals surface area contributed by atoms with Crippen molar-refractivity contribution in [2.75, 3.05) is 17.8 Å². The molecule has 0 saturated heterocycles. The third kappa shape index (κ3) is 3.08. The number of non-ortho nitro benzene ring substituents is 1. The van der Waals surface area contributed by atoms with Gasteiger partial charge in [0.15, 0.2) is 0 Å². The number of aromatic nitrogens is 2. The van der Waals surface area contributed by atoms with Gasteiger partial charge in [0, 0.05) is 30.2 Å². The summed E-state index contributed by atoms with van der Waals surface area (Å²) in [7, 11) is 0. The summed E-state index contributed by atoms with van der Waals surface area (Å²) < 4.78 is 6.89. The minimum absolute atomic E-state index is 0.0481. The molecule has 0 aliphatic carbocycles. The number of nitrogens with one attached hydrogen (secondary N) is 1. The van der Waals surface area contributed by atoms with Crippen LogP contribution in [0.1, 0.15) is 18.5 Å². The van der Waals surface area contributed by atoms with Crippen molar-refractivity contribution in [3.8, 4) is 0 Å². The lowest BCUT2D eigenvalue weighted by Crippen LogP contribution is -2.30. The first-order valence-corrected chi connectivity index (χ1v) is 8.10. The number of allylic oxidation sites excluding steroid dienone is 1. The number of rotatable bonds is 5. The number of esters is 1. The van der Waals surface area contributed by atoms with Crippen molar-refractivity contribution < 1.29 is 14.5 Å². The Labute approximate surface area is 148 Å². The highest BCUT2D eigenvalue weighted by atomic mass is 35.5. The lowest BCUT2D eigenvalue weighted by atomic mass is 9.95. The summed E-state index contributed by atoms with van der Waals surface area (Å²) in [4.78, 5) is 27.4. The molecule has 1 N–H and O–H groups in total. The largest absolute Gasteiger partial charge is 0.463 e. The van der Waals surface area contributed by atoms with Gasteiger partial charge in [-0.05, 0) is 12.5 Å². The summed E-state index contributed by atoms with van der Waals surface area (Å²) in [6, 6.07) is 5.51. The quantitative estimate of drug-likeness (QED) is 0.380. The fraction of sp³-hybridized carbons (Fsp3) is 0.250. The predicted molar refractivity (Wildman–Crippen MR) is 91.5 cm³/mol. The Morgan fingerprint density at radius 3 is 3.00 bits per heavy atom. The molecule has 0 spiro atoms. The number of benzene rings is 1. The monoisotopic (exact) mass is 362 g/mol. The van der Waals surface area contributed by atoms with Gasteiger partial charge in [-0.1, -0.05) is 12.1 Å². The van der Waals surface area contributed by atoms with Crippen LogP contribution in [0.15, 0.2) is 47.9 Å². The molecule has 1 aliphatic heterocycles. The second kappa shape index (κ2) is 6.94. The zero-order valence-corrected chi connectivity index (χ0v) is 14.1. The molecule has 0 fully saturated rings. The third-order valence-corrected chi connectivity index (χ3v) is 4.10. The van der Waals surface area contributed by atoms with Crippen LogP contribution in [0, 0.1) is 10.1 Å². The van der Waals surface area contributed by atoms with Gasteiger partial charge in [-0.2, -0.15) is 0 Å². The van der Waals surface area contributed by atoms with Gasteiger partial charge >= 0.3 is 5.97 Å². The molecule has 1 unspecified atom stereocenters. The molecule has 1 atom stereocenters. The van der Waals surface area contributed by atoms with Crippen LogP contribution in [-0.2, 0) is 9.53 Å². The van der Waals surface area contributed by atoms with Gasteiger partial charge in [-0.3, -0.25) is 10.1 Å². The van der Waals surface area contributed by atoms with Crippen molar-refractivity contribution in [1.82, 2.24) is 9.55 Å². The van der Waals surface area contributed by atoms with E-state index in [1.54, 1.807) is 36.0 Å². The maximum Gasteiger partial charge on any atom is 0.338 e. The van der Waals surface area contributed by atoms with Crippen LogP contribution in [0.25, 0.3) is 0 Å². The lowest BCUT2D eigenvalue weighted by molar-refractivity contribution is -0.384. The summed E-state index contributed by atoms with van der Waals surface area (Å²) >= 11 is 6.01. The van der Waals surface area contributed by atoms with Crippen LogP contribution in [0.5, 0.6) is 0 Å². The number of fused-ring (bicyclic) bond motifs is 1. The second-order valence-electron chi connectivity index (χ2n) is 5.28. The number of hydrogen-bond donors (Lipinski definition) is 1. The number of nitrogens with zero attached hydrogens (tertiary/aromatic N) is 3. The number of carbonyl (C=O) groups is 1. The number of nitro benzene ring substituents is 1. The van der Waals surface area contributed by atoms with E-state index in [4.69, 9.17) is 16.3 Å². The maximum atomic E-state index is 12.6. The Morgan fingerprint density at radius 2 is 2.32 bits per heavy atom. The minimum Gasteiger partial charge on any atom is -0.463 e. The first-order chi connectivity index (χ1) is 12.1. The van der Waals surface area contributed by atoms with Crippen LogP contribution >= 0.6 is 11.6 Å². The molecule has 3 rings (SSSR count). The Kier molecular flexibility index (Phi) is 4.71. The lowest BCUT2D eigenvalue weighted by Gasteiger charge is -2.30. The summed E-state index contributed by atoms with van der Waals surface area (Å²) in [6.07, 6.45) is 3.27. The summed E-state index contributed by atoms with van der Waals surface area (Å²) in [5.74, 6) is 0.0219. The van der Waals surface area contributed by atoms with Crippen molar-refractivity contribution in [3.05, 3.63) is 63.6 Å². The van der Waals surface area contributed by atoms with Gasteiger partial charge in [-0.15, -0.1) is 11.6 Å². The van der Waals surface area contributed by atoms with Crippen LogP contribution in [0.4, 0.5) is 11.6 Å². The number of halogens is 1. The van der Waals surface area contributed by atoms with E-state index in [1.807, 2.05) is 0 Å². The van der Waals surface area contributed by atoms with Gasteiger partial charge in [0.25, 0.3) is 5.69 Å². The molecule has 9 heteroatoms. The molecule has 0 bridgehead atoms. The SMILES string of the molecule is CCOC(=O)C1=C(CCl)Nc2nccn2C1c1cccc([N+](=O)[O-])c1. The number of ether oxygens (including phenoxy) is 1. The second-order valence-corrected chi connectivity index (χ2v) is 5.55. The summed E-state index contributed by atoms with van der Waals surface area (Å²) in [5, 5.41) is 14.1. The van der Waals surface area contributed by atoms with Crippen LogP contribution in [0.2, 0.25) is 0 Å². The molecule has 0 saturated carbocycles. The van der Waals surface area contributed by atoms with Gasteiger partial charge < -0.3 is 14.6 Å². The normalized spacial score (nSPS) is 16.2. The number of imidazole rings is 1. The van der Waals surface area contributed by atoms with E-state index in [9.17, 15) is 14.9 Å². The Morgan fingerprint density at radius 1 is 1.52 bits per heavy atom. The highest BCUT2D eigenvalue weighted by Crippen LogP contribution is 2.37. The molecule has 2 aromatic rings. The maximum absolute atomic E-state index is 12.6. The Hall–Kier alpha value is -2.87. The van der Waals surface area contributed by atoms with Crippen LogP contribution < -0.4 is 5.32 Å². The summed E-state index contributed by atoms with van der Waals surface area (Å²) in [6.45, 7) is 1.91. The molecule has 1 aromatic carbocycles. The molecule has 1 aliphatic rings. The van der Waals surface area contributed by atoms with Crippen molar-refractivity contribution in [1.29, 1.82) is 0 Å². The highest BCUT2D eigenvalue weighted by molar-refractivity contribution is 6.20. The van der Waals surface area contributed by atoms with Crippen molar-refractivity contribution >= 4 is 29.2 Å². The van der Waals surface area contributed by atoms with E-state index in [-0.39, 0.29) is 18.2 Å². The topological polar surface area (TPSA) is 99.3 Å². The van der Waals surface area contributed by atoms with Gasteiger partial charge in [0.2, 0.25) is 5.95 Å². The average Bonchev–Trinajstić information content (AvgIpc) is 3.08. The van der Waals surface area contributed by atoms with Gasteiger partial charge in [-0.25, -0.2) is 9.78 Å². The molecule has 0 amide bonds. The van der Waals surface area contributed by atoms with Crippen molar-refractivity contribution in [2.45, 2.75) is 13.0 Å². The van der Waals surface area contributed by atoms with E-state index in [2.05, 4.69) is 10.3 Å². The van der Waals surface area contributed by atoms with E-state index >= 15 is 0 Å². The fourth-order valence-corrected chi connectivity index (χ4v) is 3.02. The third-order valence-electron chi connectivity index (χ3n) is 3.83. The number of carbonyl (C=O) groups excluding carboxylic acids is 1. The molecular weight excluding hydrogens is 348 g/mol. The van der Waals surface area contributed by atoms with Crippen LogP contribution in [0.3, 0.4) is 0 Å². The van der Waals surface area contributed by atoms with E-state index in [1.165, 1.54) is 12.1 Å². The average molecular weight is 363 g/mol. The first-order valence-electron chi connectivity index (χ1n) is 7.57. The summed E-state index contributed by atoms with van der Waals surface area (Å²) in [5.41, 5.74) is 1.28. The first kappa shape index (κ1) is 17.0. The van der Waals surface area contributed by atoms with Gasteiger partial charge in [0.05, 0.1) is 29.0 Å². The number of nitro groups is 1. The predicted octanol–water partition coefficient (Wildman–Crippen LogP) is 2.86.